The monoisotopic (exact) mass is 422 g/mol. The van der Waals surface area contributed by atoms with Gasteiger partial charge in [-0.1, -0.05) is 29.8 Å². The van der Waals surface area contributed by atoms with E-state index < -0.39 is 0 Å². The van der Waals surface area contributed by atoms with Gasteiger partial charge in [-0.3, -0.25) is 9.69 Å². The number of benzene rings is 2. The number of carbonyl (C=O) groups excluding carboxylic acids is 1. The van der Waals surface area contributed by atoms with E-state index in [0.29, 0.717) is 29.7 Å². The topological polar surface area (TPSA) is 51.1 Å². The van der Waals surface area contributed by atoms with Crippen LogP contribution >= 0.6 is 11.8 Å². The van der Waals surface area contributed by atoms with Crippen LogP contribution in [0.4, 0.5) is 5.69 Å². The van der Waals surface area contributed by atoms with Gasteiger partial charge in [0.25, 0.3) is 0 Å². The Morgan fingerprint density at radius 1 is 1.13 bits per heavy atom. The summed E-state index contributed by atoms with van der Waals surface area (Å²) in [7, 11) is 1.78. The number of amides is 1. The van der Waals surface area contributed by atoms with Gasteiger partial charge in [0.05, 0.1) is 17.5 Å². The summed E-state index contributed by atoms with van der Waals surface area (Å²) in [6.45, 7) is 6.74. The average Bonchev–Trinajstić information content (AvgIpc) is 2.98. The van der Waals surface area contributed by atoms with Gasteiger partial charge in [0.1, 0.15) is 6.61 Å². The normalized spacial score (nSPS) is 17.3. The van der Waals surface area contributed by atoms with Crippen molar-refractivity contribution >= 4 is 28.5 Å². The van der Waals surface area contributed by atoms with Crippen LogP contribution in [0.5, 0.6) is 11.5 Å². The number of aliphatic imine (C=N–C) groups is 1. The van der Waals surface area contributed by atoms with Crippen molar-refractivity contribution in [1.29, 1.82) is 0 Å². The van der Waals surface area contributed by atoms with Crippen molar-refractivity contribution in [2.45, 2.75) is 32.4 Å². The molecule has 0 N–H and O–H groups in total. The molecule has 30 heavy (non-hydrogen) atoms. The Hall–Kier alpha value is -2.91. The molecule has 0 aromatic heterocycles. The summed E-state index contributed by atoms with van der Waals surface area (Å²) in [5.41, 5.74) is 4.26. The zero-order valence-electron chi connectivity index (χ0n) is 17.8. The number of aryl methyl sites for hydroxylation is 2. The Morgan fingerprint density at radius 2 is 1.93 bits per heavy atom. The molecule has 1 fully saturated rings. The molecule has 0 spiro atoms. The van der Waals surface area contributed by atoms with Crippen LogP contribution in [0.25, 0.3) is 0 Å². The molecule has 2 aromatic rings. The zero-order valence-corrected chi connectivity index (χ0v) is 18.6. The van der Waals surface area contributed by atoms with Crippen molar-refractivity contribution < 1.29 is 14.3 Å². The van der Waals surface area contributed by atoms with Gasteiger partial charge in [0.15, 0.2) is 16.7 Å². The van der Waals surface area contributed by atoms with Crippen LogP contribution in [0.1, 0.15) is 23.6 Å². The summed E-state index contributed by atoms with van der Waals surface area (Å²) >= 11 is 1.49. The quantitative estimate of drug-likeness (QED) is 0.616. The third-order valence-corrected chi connectivity index (χ3v) is 6.12. The second-order valence-corrected chi connectivity index (χ2v) is 8.25. The number of hydrogen-bond donors (Lipinski definition) is 0. The molecule has 1 aliphatic rings. The molecule has 1 heterocycles. The second-order valence-electron chi connectivity index (χ2n) is 7.08. The van der Waals surface area contributed by atoms with Gasteiger partial charge in [-0.2, -0.15) is 0 Å². The van der Waals surface area contributed by atoms with Crippen LogP contribution in [0.15, 0.2) is 41.4 Å². The van der Waals surface area contributed by atoms with Crippen molar-refractivity contribution in [3.05, 3.63) is 53.1 Å². The predicted molar refractivity (Wildman–Crippen MR) is 123 cm³/mol. The van der Waals surface area contributed by atoms with E-state index in [1.54, 1.807) is 11.9 Å². The zero-order chi connectivity index (χ0) is 21.7. The molecule has 0 aliphatic carbocycles. The Morgan fingerprint density at radius 3 is 2.63 bits per heavy atom. The summed E-state index contributed by atoms with van der Waals surface area (Å²) in [6.07, 6.45) is 5.86. The molecule has 6 heteroatoms. The largest absolute Gasteiger partial charge is 0.490 e. The highest BCUT2D eigenvalue weighted by Gasteiger charge is 2.35. The molecule has 1 amide bonds. The first kappa shape index (κ1) is 21.8. The predicted octanol–water partition coefficient (Wildman–Crippen LogP) is 4.52. The lowest BCUT2D eigenvalue weighted by molar-refractivity contribution is -0.125. The van der Waals surface area contributed by atoms with Crippen molar-refractivity contribution in [3.63, 3.8) is 0 Å². The molecule has 0 radical (unpaired) electrons. The number of hydrogen-bond acceptors (Lipinski definition) is 5. The smallest absolute Gasteiger partial charge is 0.242 e. The highest BCUT2D eigenvalue weighted by atomic mass is 32.2. The van der Waals surface area contributed by atoms with Gasteiger partial charge in [-0.15, -0.1) is 6.42 Å². The van der Waals surface area contributed by atoms with Gasteiger partial charge in [-0.05, 0) is 68.1 Å². The molecular weight excluding hydrogens is 396 g/mol. The fraction of sp³-hybridized carbons (Fsp3) is 0.333. The first-order valence-electron chi connectivity index (χ1n) is 9.85. The molecule has 1 aliphatic heterocycles. The first-order chi connectivity index (χ1) is 14.4. The number of nitrogens with zero attached hydrogens (tertiary/aromatic N) is 2. The minimum atomic E-state index is -0.229. The Kier molecular flexibility index (Phi) is 7.07. The van der Waals surface area contributed by atoms with Gasteiger partial charge >= 0.3 is 0 Å². The number of carbonyl (C=O) groups is 1. The molecule has 0 saturated carbocycles. The number of rotatable bonds is 7. The molecule has 1 saturated heterocycles. The van der Waals surface area contributed by atoms with Crippen LogP contribution < -0.4 is 9.47 Å². The highest BCUT2D eigenvalue weighted by molar-refractivity contribution is 8.15. The van der Waals surface area contributed by atoms with E-state index in [-0.39, 0.29) is 17.8 Å². The lowest BCUT2D eigenvalue weighted by atomic mass is 10.1. The van der Waals surface area contributed by atoms with Crippen LogP contribution in [0.2, 0.25) is 0 Å². The van der Waals surface area contributed by atoms with Crippen LogP contribution in [-0.4, -0.2) is 41.5 Å². The van der Waals surface area contributed by atoms with Crippen molar-refractivity contribution in [2.75, 3.05) is 20.3 Å². The Labute approximate surface area is 182 Å². The van der Waals surface area contributed by atoms with Gasteiger partial charge in [0, 0.05) is 7.05 Å². The summed E-state index contributed by atoms with van der Waals surface area (Å²) in [4.78, 5) is 19.1. The van der Waals surface area contributed by atoms with Crippen molar-refractivity contribution in [1.82, 2.24) is 4.90 Å². The lowest BCUT2D eigenvalue weighted by Gasteiger charge is -2.13. The van der Waals surface area contributed by atoms with Crippen LogP contribution in [0.3, 0.4) is 0 Å². The van der Waals surface area contributed by atoms with Crippen LogP contribution in [0, 0.1) is 26.2 Å². The van der Waals surface area contributed by atoms with Crippen molar-refractivity contribution in [2.24, 2.45) is 4.99 Å². The average molecular weight is 423 g/mol. The van der Waals surface area contributed by atoms with Crippen molar-refractivity contribution in [3.8, 4) is 23.8 Å². The van der Waals surface area contributed by atoms with Gasteiger partial charge in [0.2, 0.25) is 5.91 Å². The summed E-state index contributed by atoms with van der Waals surface area (Å²) in [5, 5.41) is 0.486. The third kappa shape index (κ3) is 4.98. The number of ether oxygens (including phenoxy) is 2. The number of terminal acetylenes is 1. The standard InChI is InChI=1S/C24H26N2O3S/c1-6-12-29-20-11-9-18(14-21(20)28-7-2)15-22-23(27)26(5)24(30-22)25-19-10-8-16(3)17(4)13-19/h1,8-11,13-14,22H,7,12,15H2,2-5H3/t22-/m1/s1. The van der Waals surface area contributed by atoms with E-state index in [1.807, 2.05) is 43.3 Å². The van der Waals surface area contributed by atoms with Crippen LogP contribution in [-0.2, 0) is 11.2 Å². The van der Waals surface area contributed by atoms with E-state index in [9.17, 15) is 4.79 Å². The minimum absolute atomic E-state index is 0.0493. The molecule has 3 rings (SSSR count). The van der Waals surface area contributed by atoms with Gasteiger partial charge < -0.3 is 9.47 Å². The van der Waals surface area contributed by atoms with E-state index >= 15 is 0 Å². The Balaban J connectivity index is 1.77. The number of thioether (sulfide) groups is 1. The second kappa shape index (κ2) is 9.73. The highest BCUT2D eigenvalue weighted by Crippen LogP contribution is 2.34. The van der Waals surface area contributed by atoms with E-state index in [2.05, 4.69) is 19.8 Å². The summed E-state index contributed by atoms with van der Waals surface area (Å²) in [5.74, 6) is 3.75. The molecule has 5 nitrogen and oxygen atoms in total. The Bertz CT molecular complexity index is 1010. The van der Waals surface area contributed by atoms with E-state index in [1.165, 1.54) is 22.9 Å². The molecule has 0 bridgehead atoms. The summed E-state index contributed by atoms with van der Waals surface area (Å²) in [6, 6.07) is 11.8. The first-order valence-corrected chi connectivity index (χ1v) is 10.7. The maximum absolute atomic E-state index is 12.8. The van der Waals surface area contributed by atoms with E-state index in [0.717, 1.165) is 11.3 Å². The maximum atomic E-state index is 12.8. The number of amidine groups is 1. The third-order valence-electron chi connectivity index (χ3n) is 4.90. The molecule has 156 valence electrons. The molecule has 1 atom stereocenters. The molecular formula is C24H26N2O3S. The lowest BCUT2D eigenvalue weighted by Crippen LogP contribution is -2.28. The molecule has 2 aromatic carbocycles. The molecule has 0 unspecified atom stereocenters. The minimum Gasteiger partial charge on any atom is -0.490 e. The SMILES string of the molecule is C#CCOc1ccc(C[C@H]2SC(=Nc3ccc(C)c(C)c3)N(C)C2=O)cc1OCC. The fourth-order valence-electron chi connectivity index (χ4n) is 3.10. The summed E-state index contributed by atoms with van der Waals surface area (Å²) < 4.78 is 11.2. The van der Waals surface area contributed by atoms with Gasteiger partial charge in [-0.25, -0.2) is 4.99 Å². The maximum Gasteiger partial charge on any atom is 0.242 e. The van der Waals surface area contributed by atoms with E-state index in [4.69, 9.17) is 20.9 Å². The fourth-order valence-corrected chi connectivity index (χ4v) is 4.30.